The fraction of sp³-hybridized carbons (Fsp3) is 0.250. The van der Waals surface area contributed by atoms with Crippen molar-refractivity contribution in [2.75, 3.05) is 11.0 Å². The minimum Gasteiger partial charge on any atom is -0.363 e. The van der Waals surface area contributed by atoms with Crippen LogP contribution in [0.5, 0.6) is 0 Å². The molecule has 0 saturated carbocycles. The monoisotopic (exact) mass is 162 g/mol. The molecular weight excluding hydrogens is 156 g/mol. The number of aromatic nitrogens is 1. The van der Waals surface area contributed by atoms with Crippen LogP contribution in [0.3, 0.4) is 0 Å². The van der Waals surface area contributed by atoms with Gasteiger partial charge in [0, 0.05) is 6.07 Å². The zero-order chi connectivity index (χ0) is 7.61. The second kappa shape index (κ2) is 2.30. The fourth-order valence-electron chi connectivity index (χ4n) is 0.455. The third kappa shape index (κ3) is 2.06. The predicted octanol–water partition coefficient (Wildman–Crippen LogP) is 0.0461. The van der Waals surface area contributed by atoms with Gasteiger partial charge >= 0.3 is 0 Å². The number of sulfonamides is 1. The Morgan fingerprint density at radius 2 is 2.40 bits per heavy atom. The highest BCUT2D eigenvalue weighted by Gasteiger charge is 2.02. The third-order valence-corrected chi connectivity index (χ3v) is 1.31. The van der Waals surface area contributed by atoms with E-state index in [0.29, 0.717) is 0 Å². The molecule has 0 amide bonds. The van der Waals surface area contributed by atoms with Crippen LogP contribution in [0.2, 0.25) is 0 Å². The van der Waals surface area contributed by atoms with Crippen LogP contribution in [0.15, 0.2) is 16.9 Å². The number of hydrogen-bond acceptors (Lipinski definition) is 4. The maximum absolute atomic E-state index is 10.5. The zero-order valence-electron chi connectivity index (χ0n) is 5.23. The summed E-state index contributed by atoms with van der Waals surface area (Å²) in [5.41, 5.74) is 0. The van der Waals surface area contributed by atoms with E-state index in [1.807, 2.05) is 0 Å². The van der Waals surface area contributed by atoms with Crippen molar-refractivity contribution in [3.8, 4) is 0 Å². The molecule has 0 aliphatic carbocycles. The molecule has 0 bridgehead atoms. The molecule has 56 valence electrons. The molecule has 0 saturated heterocycles. The van der Waals surface area contributed by atoms with E-state index in [2.05, 4.69) is 14.4 Å². The van der Waals surface area contributed by atoms with Gasteiger partial charge in [0.2, 0.25) is 10.0 Å². The number of hydrogen-bond donors (Lipinski definition) is 1. The molecule has 1 aromatic heterocycles. The number of anilines is 1. The van der Waals surface area contributed by atoms with Crippen molar-refractivity contribution >= 4 is 15.8 Å². The molecule has 0 fully saturated rings. The van der Waals surface area contributed by atoms with Gasteiger partial charge in [-0.1, -0.05) is 5.16 Å². The minimum absolute atomic E-state index is 0.197. The highest BCUT2D eigenvalue weighted by atomic mass is 32.2. The first kappa shape index (κ1) is 7.07. The minimum atomic E-state index is -3.22. The van der Waals surface area contributed by atoms with E-state index < -0.39 is 10.0 Å². The van der Waals surface area contributed by atoms with Crippen LogP contribution in [0, 0.1) is 0 Å². The van der Waals surface area contributed by atoms with Crippen molar-refractivity contribution in [1.29, 1.82) is 0 Å². The van der Waals surface area contributed by atoms with Gasteiger partial charge in [-0.15, -0.1) is 0 Å². The van der Waals surface area contributed by atoms with E-state index in [-0.39, 0.29) is 5.82 Å². The lowest BCUT2D eigenvalue weighted by Crippen LogP contribution is -2.09. The van der Waals surface area contributed by atoms with Crippen molar-refractivity contribution in [2.24, 2.45) is 0 Å². The smallest absolute Gasteiger partial charge is 0.231 e. The summed E-state index contributed by atoms with van der Waals surface area (Å²) in [5.74, 6) is 0.197. The Kier molecular flexibility index (Phi) is 1.62. The lowest BCUT2D eigenvalue weighted by molar-refractivity contribution is 0.423. The highest BCUT2D eigenvalue weighted by Crippen LogP contribution is 2.01. The lowest BCUT2D eigenvalue weighted by atomic mass is 10.7. The van der Waals surface area contributed by atoms with Crippen molar-refractivity contribution in [2.45, 2.75) is 0 Å². The van der Waals surface area contributed by atoms with E-state index >= 15 is 0 Å². The van der Waals surface area contributed by atoms with Gasteiger partial charge in [-0.3, -0.25) is 4.72 Å². The summed E-state index contributed by atoms with van der Waals surface area (Å²) < 4.78 is 27.5. The van der Waals surface area contributed by atoms with Crippen LogP contribution in [-0.4, -0.2) is 19.8 Å². The maximum Gasteiger partial charge on any atom is 0.231 e. The molecule has 0 spiro atoms. The van der Waals surface area contributed by atoms with E-state index in [1.165, 1.54) is 12.3 Å². The van der Waals surface area contributed by atoms with Gasteiger partial charge in [-0.05, 0) is 0 Å². The average molecular weight is 162 g/mol. The largest absolute Gasteiger partial charge is 0.363 e. The molecule has 1 aromatic rings. The molecule has 5 nitrogen and oxygen atoms in total. The molecule has 6 heteroatoms. The van der Waals surface area contributed by atoms with Gasteiger partial charge in [0.05, 0.1) is 6.26 Å². The molecule has 0 aromatic carbocycles. The van der Waals surface area contributed by atoms with Gasteiger partial charge in [-0.2, -0.15) is 0 Å². The van der Waals surface area contributed by atoms with Gasteiger partial charge in [0.15, 0.2) is 5.82 Å². The number of nitrogens with one attached hydrogen (secondary N) is 1. The summed E-state index contributed by atoms with van der Waals surface area (Å²) in [6.45, 7) is 0. The Hall–Kier alpha value is -1.04. The Morgan fingerprint density at radius 3 is 2.80 bits per heavy atom. The first-order valence-corrected chi connectivity index (χ1v) is 4.35. The molecular formula is C4H6N2O3S. The summed E-state index contributed by atoms with van der Waals surface area (Å²) in [7, 11) is -3.22. The standard InChI is InChI=1S/C4H6N2O3S/c1-10(7,8)6-4-2-3-9-5-4/h2-3H,1H3,(H,5,6). The molecule has 0 atom stereocenters. The summed E-state index contributed by atoms with van der Waals surface area (Å²) in [5, 5.41) is 3.34. The fourth-order valence-corrected chi connectivity index (χ4v) is 0.940. The van der Waals surface area contributed by atoms with Crippen LogP contribution >= 0.6 is 0 Å². The molecule has 1 rings (SSSR count). The summed E-state index contributed by atoms with van der Waals surface area (Å²) >= 11 is 0. The van der Waals surface area contributed by atoms with Crippen molar-refractivity contribution < 1.29 is 12.9 Å². The average Bonchev–Trinajstić information content (AvgIpc) is 2.12. The van der Waals surface area contributed by atoms with Crippen LogP contribution in [0.25, 0.3) is 0 Å². The van der Waals surface area contributed by atoms with Gasteiger partial charge in [-0.25, -0.2) is 8.42 Å². The molecule has 1 N–H and O–H groups in total. The summed E-state index contributed by atoms with van der Waals surface area (Å²) in [6, 6.07) is 1.42. The second-order valence-electron chi connectivity index (χ2n) is 1.76. The van der Waals surface area contributed by atoms with Crippen LogP contribution in [0.1, 0.15) is 0 Å². The number of rotatable bonds is 2. The molecule has 0 aliphatic rings. The molecule has 0 radical (unpaired) electrons. The Balaban J connectivity index is 2.75. The van der Waals surface area contributed by atoms with E-state index in [4.69, 9.17) is 0 Å². The summed E-state index contributed by atoms with van der Waals surface area (Å²) in [4.78, 5) is 0. The molecule has 0 unspecified atom stereocenters. The van der Waals surface area contributed by atoms with Crippen LogP contribution < -0.4 is 4.72 Å². The quantitative estimate of drug-likeness (QED) is 0.666. The molecule has 10 heavy (non-hydrogen) atoms. The normalized spacial score (nSPS) is 11.3. The van der Waals surface area contributed by atoms with Crippen LogP contribution in [-0.2, 0) is 10.0 Å². The van der Waals surface area contributed by atoms with Crippen molar-refractivity contribution in [1.82, 2.24) is 5.16 Å². The topological polar surface area (TPSA) is 72.2 Å². The summed E-state index contributed by atoms with van der Waals surface area (Å²) in [6.07, 6.45) is 2.33. The third-order valence-electron chi connectivity index (χ3n) is 0.728. The zero-order valence-corrected chi connectivity index (χ0v) is 6.05. The first-order valence-electron chi connectivity index (χ1n) is 2.46. The van der Waals surface area contributed by atoms with Gasteiger partial charge < -0.3 is 4.52 Å². The van der Waals surface area contributed by atoms with Gasteiger partial charge in [0.1, 0.15) is 6.26 Å². The molecule has 1 heterocycles. The first-order chi connectivity index (χ1) is 4.58. The predicted molar refractivity (Wildman–Crippen MR) is 35.0 cm³/mol. The SMILES string of the molecule is CS(=O)(=O)Nc1ccon1. The Labute approximate surface area is 58.1 Å². The highest BCUT2D eigenvalue weighted by molar-refractivity contribution is 7.92. The van der Waals surface area contributed by atoms with E-state index in [0.717, 1.165) is 6.26 Å². The van der Waals surface area contributed by atoms with Gasteiger partial charge in [0.25, 0.3) is 0 Å². The second-order valence-corrected chi connectivity index (χ2v) is 3.51. The Morgan fingerprint density at radius 1 is 1.70 bits per heavy atom. The molecule has 0 aliphatic heterocycles. The lowest BCUT2D eigenvalue weighted by Gasteiger charge is -1.94. The van der Waals surface area contributed by atoms with E-state index in [1.54, 1.807) is 0 Å². The van der Waals surface area contributed by atoms with Crippen molar-refractivity contribution in [3.63, 3.8) is 0 Å². The maximum atomic E-state index is 10.5. The van der Waals surface area contributed by atoms with E-state index in [9.17, 15) is 8.42 Å². The van der Waals surface area contributed by atoms with Crippen molar-refractivity contribution in [3.05, 3.63) is 12.3 Å². The Bertz CT molecular complexity index is 288. The number of nitrogens with zero attached hydrogens (tertiary/aromatic N) is 1. The van der Waals surface area contributed by atoms with Crippen LogP contribution in [0.4, 0.5) is 5.82 Å².